The molecule has 4 aromatic rings. The topological polar surface area (TPSA) is 42.0 Å². The van der Waals surface area contributed by atoms with Crippen molar-refractivity contribution in [3.05, 3.63) is 94.5 Å². The molecule has 0 bridgehead atoms. The number of aryl methyl sites for hydroxylation is 1. The van der Waals surface area contributed by atoms with Crippen molar-refractivity contribution in [3.63, 3.8) is 0 Å². The van der Waals surface area contributed by atoms with Gasteiger partial charge in [-0.3, -0.25) is 10.1 Å². The number of aromatic nitrogens is 1. The van der Waals surface area contributed by atoms with E-state index in [-0.39, 0.29) is 5.91 Å². The van der Waals surface area contributed by atoms with Gasteiger partial charge in [0.05, 0.1) is 10.6 Å². The molecule has 0 spiro atoms. The van der Waals surface area contributed by atoms with Crippen LogP contribution in [0.15, 0.2) is 83.3 Å². The molecule has 0 unspecified atom stereocenters. The number of halogens is 1. The molecule has 5 heteroatoms. The lowest BCUT2D eigenvalue weighted by Crippen LogP contribution is -2.11. The highest BCUT2D eigenvalue weighted by atomic mass is 79.9. The Hall–Kier alpha value is -2.76. The number of nitrogens with one attached hydrogen (secondary N) is 1. The van der Waals surface area contributed by atoms with E-state index in [9.17, 15) is 4.79 Å². The predicted octanol–water partition coefficient (Wildman–Crippen LogP) is 6.80. The summed E-state index contributed by atoms with van der Waals surface area (Å²) < 4.78 is 0.865. The van der Waals surface area contributed by atoms with Crippen LogP contribution >= 0.6 is 27.3 Å². The Morgan fingerprint density at radius 2 is 1.68 bits per heavy atom. The van der Waals surface area contributed by atoms with Crippen LogP contribution < -0.4 is 5.32 Å². The van der Waals surface area contributed by atoms with Gasteiger partial charge in [0.25, 0.3) is 5.91 Å². The van der Waals surface area contributed by atoms with Gasteiger partial charge in [0, 0.05) is 15.6 Å². The van der Waals surface area contributed by atoms with Crippen molar-refractivity contribution in [1.29, 1.82) is 0 Å². The largest absolute Gasteiger partial charge is 0.298 e. The van der Waals surface area contributed by atoms with Crippen LogP contribution in [-0.4, -0.2) is 10.9 Å². The van der Waals surface area contributed by atoms with Gasteiger partial charge < -0.3 is 0 Å². The number of benzene rings is 3. The lowest BCUT2D eigenvalue weighted by Gasteiger charge is -2.03. The Morgan fingerprint density at radius 1 is 0.929 bits per heavy atom. The molecule has 28 heavy (non-hydrogen) atoms. The Labute approximate surface area is 176 Å². The van der Waals surface area contributed by atoms with Crippen molar-refractivity contribution in [3.8, 4) is 21.7 Å². The van der Waals surface area contributed by atoms with E-state index in [1.54, 1.807) is 12.1 Å². The maximum absolute atomic E-state index is 12.6. The lowest BCUT2D eigenvalue weighted by molar-refractivity contribution is 0.102. The van der Waals surface area contributed by atoms with E-state index in [1.807, 2.05) is 42.5 Å². The molecule has 1 amide bonds. The first-order valence-electron chi connectivity index (χ1n) is 8.80. The average Bonchev–Trinajstić information content (AvgIpc) is 3.13. The van der Waals surface area contributed by atoms with Gasteiger partial charge >= 0.3 is 0 Å². The van der Waals surface area contributed by atoms with Crippen molar-refractivity contribution < 1.29 is 4.79 Å². The molecule has 1 N–H and O–H groups in total. The molecule has 138 valence electrons. The van der Waals surface area contributed by atoms with Crippen LogP contribution in [0.3, 0.4) is 0 Å². The molecular formula is C23H17BrN2OS. The normalized spacial score (nSPS) is 10.6. The maximum atomic E-state index is 12.6. The van der Waals surface area contributed by atoms with Gasteiger partial charge in [-0.25, -0.2) is 4.98 Å². The standard InChI is InChI=1S/C23H17BrN2OS/c1-15-10-12-17(13-11-15)21-20(16-6-3-2-4-7-16)25-23(28-21)26-22(27)18-8-5-9-19(24)14-18/h2-14H,1H3,(H,25,26,27). The summed E-state index contributed by atoms with van der Waals surface area (Å²) in [7, 11) is 0. The summed E-state index contributed by atoms with van der Waals surface area (Å²) in [4.78, 5) is 18.4. The van der Waals surface area contributed by atoms with E-state index in [1.165, 1.54) is 16.9 Å². The molecule has 0 saturated heterocycles. The number of rotatable bonds is 4. The van der Waals surface area contributed by atoms with Crippen LogP contribution in [0.25, 0.3) is 21.7 Å². The summed E-state index contributed by atoms with van der Waals surface area (Å²) in [5.41, 5.74) is 4.78. The second kappa shape index (κ2) is 8.09. The van der Waals surface area contributed by atoms with Crippen LogP contribution in [0, 0.1) is 6.92 Å². The van der Waals surface area contributed by atoms with E-state index >= 15 is 0 Å². The zero-order valence-electron chi connectivity index (χ0n) is 15.1. The molecule has 0 saturated carbocycles. The van der Waals surface area contributed by atoms with Gasteiger partial charge in [-0.2, -0.15) is 0 Å². The van der Waals surface area contributed by atoms with Crippen LogP contribution in [0.1, 0.15) is 15.9 Å². The number of anilines is 1. The van der Waals surface area contributed by atoms with Crippen molar-refractivity contribution >= 4 is 38.3 Å². The molecule has 0 radical (unpaired) electrons. The van der Waals surface area contributed by atoms with E-state index in [2.05, 4.69) is 52.4 Å². The van der Waals surface area contributed by atoms with Gasteiger partial charge in [0.15, 0.2) is 5.13 Å². The molecule has 3 aromatic carbocycles. The van der Waals surface area contributed by atoms with Gasteiger partial charge in [0.1, 0.15) is 0 Å². The number of carbonyl (C=O) groups excluding carboxylic acids is 1. The van der Waals surface area contributed by atoms with Crippen LogP contribution in [-0.2, 0) is 0 Å². The summed E-state index contributed by atoms with van der Waals surface area (Å²) in [5, 5.41) is 3.53. The first-order valence-corrected chi connectivity index (χ1v) is 10.4. The monoisotopic (exact) mass is 448 g/mol. The average molecular weight is 449 g/mol. The minimum atomic E-state index is -0.176. The van der Waals surface area contributed by atoms with E-state index in [0.717, 1.165) is 26.2 Å². The van der Waals surface area contributed by atoms with Gasteiger partial charge in [-0.05, 0) is 30.7 Å². The molecule has 0 aliphatic rings. The van der Waals surface area contributed by atoms with E-state index in [0.29, 0.717) is 10.7 Å². The molecular weight excluding hydrogens is 432 g/mol. The zero-order valence-corrected chi connectivity index (χ0v) is 17.5. The Morgan fingerprint density at radius 3 is 2.39 bits per heavy atom. The van der Waals surface area contributed by atoms with Crippen molar-refractivity contribution in [2.24, 2.45) is 0 Å². The van der Waals surface area contributed by atoms with Gasteiger partial charge in [-0.1, -0.05) is 93.5 Å². The number of hydrogen-bond acceptors (Lipinski definition) is 3. The van der Waals surface area contributed by atoms with Crippen LogP contribution in [0.5, 0.6) is 0 Å². The van der Waals surface area contributed by atoms with Crippen LogP contribution in [0.4, 0.5) is 5.13 Å². The fourth-order valence-corrected chi connectivity index (χ4v) is 4.25. The van der Waals surface area contributed by atoms with Crippen LogP contribution in [0.2, 0.25) is 0 Å². The van der Waals surface area contributed by atoms with E-state index < -0.39 is 0 Å². The molecule has 0 atom stereocenters. The number of hydrogen-bond donors (Lipinski definition) is 1. The summed E-state index contributed by atoms with van der Waals surface area (Å²) in [5.74, 6) is -0.176. The smallest absolute Gasteiger partial charge is 0.257 e. The number of thiazole rings is 1. The fourth-order valence-electron chi connectivity index (χ4n) is 2.86. The molecule has 1 aromatic heterocycles. The highest BCUT2D eigenvalue weighted by molar-refractivity contribution is 9.10. The summed E-state index contributed by atoms with van der Waals surface area (Å²) in [6.07, 6.45) is 0. The quantitative estimate of drug-likeness (QED) is 0.372. The molecule has 0 aliphatic carbocycles. The lowest BCUT2D eigenvalue weighted by atomic mass is 10.1. The summed E-state index contributed by atoms with van der Waals surface area (Å²) >= 11 is 4.89. The molecule has 1 heterocycles. The zero-order chi connectivity index (χ0) is 19.5. The van der Waals surface area contributed by atoms with Crippen molar-refractivity contribution in [1.82, 2.24) is 4.98 Å². The third-order valence-electron chi connectivity index (χ3n) is 4.30. The van der Waals surface area contributed by atoms with Crippen molar-refractivity contribution in [2.75, 3.05) is 5.32 Å². The highest BCUT2D eigenvalue weighted by Crippen LogP contribution is 2.39. The minimum absolute atomic E-state index is 0.176. The second-order valence-corrected chi connectivity index (χ2v) is 8.31. The number of amides is 1. The first-order chi connectivity index (χ1) is 13.6. The molecule has 4 rings (SSSR count). The predicted molar refractivity (Wildman–Crippen MR) is 120 cm³/mol. The van der Waals surface area contributed by atoms with Gasteiger partial charge in [-0.15, -0.1) is 0 Å². The Bertz CT molecular complexity index is 1120. The maximum Gasteiger partial charge on any atom is 0.257 e. The fraction of sp³-hybridized carbons (Fsp3) is 0.0435. The summed E-state index contributed by atoms with van der Waals surface area (Å²) in [6.45, 7) is 2.07. The molecule has 0 fully saturated rings. The third-order valence-corrected chi connectivity index (χ3v) is 5.81. The first kappa shape index (κ1) is 18.6. The minimum Gasteiger partial charge on any atom is -0.298 e. The Balaban J connectivity index is 1.73. The highest BCUT2D eigenvalue weighted by Gasteiger charge is 2.17. The molecule has 3 nitrogen and oxygen atoms in total. The third kappa shape index (κ3) is 4.06. The Kier molecular flexibility index (Phi) is 5.37. The van der Waals surface area contributed by atoms with Crippen molar-refractivity contribution in [2.45, 2.75) is 6.92 Å². The van der Waals surface area contributed by atoms with Gasteiger partial charge in [0.2, 0.25) is 0 Å². The second-order valence-electron chi connectivity index (χ2n) is 6.39. The van der Waals surface area contributed by atoms with E-state index in [4.69, 9.17) is 4.98 Å². The molecule has 0 aliphatic heterocycles. The SMILES string of the molecule is Cc1ccc(-c2sc(NC(=O)c3cccc(Br)c3)nc2-c2ccccc2)cc1. The number of carbonyl (C=O) groups is 1. The number of nitrogens with zero attached hydrogens (tertiary/aromatic N) is 1. The summed E-state index contributed by atoms with van der Waals surface area (Å²) in [6, 6.07) is 25.7.